The number of likely N-dealkylation sites (tertiary alicyclic amines) is 1. The van der Waals surface area contributed by atoms with Crippen LogP contribution in [0.4, 0.5) is 8.78 Å². The monoisotopic (exact) mass is 298 g/mol. The van der Waals surface area contributed by atoms with Crippen LogP contribution < -0.4 is 5.32 Å². The van der Waals surface area contributed by atoms with Gasteiger partial charge < -0.3 is 15.0 Å². The van der Waals surface area contributed by atoms with Crippen molar-refractivity contribution in [3.63, 3.8) is 0 Å². The molecule has 0 spiro atoms. The third-order valence-electron chi connectivity index (χ3n) is 3.31. The van der Waals surface area contributed by atoms with Crippen molar-refractivity contribution in [1.29, 1.82) is 0 Å². The summed E-state index contributed by atoms with van der Waals surface area (Å²) in [6.45, 7) is 1.40. The summed E-state index contributed by atoms with van der Waals surface area (Å²) in [5, 5.41) is 2.69. The van der Waals surface area contributed by atoms with E-state index in [4.69, 9.17) is 4.74 Å². The van der Waals surface area contributed by atoms with E-state index in [2.05, 4.69) is 5.32 Å². The number of ether oxygens (including phenoxy) is 1. The highest BCUT2D eigenvalue weighted by Gasteiger charge is 2.35. The van der Waals surface area contributed by atoms with Crippen molar-refractivity contribution in [2.45, 2.75) is 0 Å². The number of rotatable bonds is 5. The molecule has 1 aliphatic rings. The van der Waals surface area contributed by atoms with E-state index in [1.807, 2.05) is 0 Å². The molecule has 0 bridgehead atoms. The lowest BCUT2D eigenvalue weighted by Gasteiger charge is -2.38. The average Bonchev–Trinajstić information content (AvgIpc) is 2.40. The van der Waals surface area contributed by atoms with Crippen molar-refractivity contribution in [3.05, 3.63) is 35.4 Å². The molecule has 1 aromatic rings. The molecule has 5 nitrogen and oxygen atoms in total. The second-order valence-electron chi connectivity index (χ2n) is 4.82. The largest absolute Gasteiger partial charge is 0.383 e. The number of hydrogen-bond donors (Lipinski definition) is 1. The minimum absolute atomic E-state index is 0.0761. The van der Waals surface area contributed by atoms with Gasteiger partial charge in [-0.3, -0.25) is 9.59 Å². The average molecular weight is 298 g/mol. The molecule has 1 fully saturated rings. The van der Waals surface area contributed by atoms with E-state index < -0.39 is 17.5 Å². The summed E-state index contributed by atoms with van der Waals surface area (Å²) < 4.78 is 30.7. The van der Waals surface area contributed by atoms with E-state index in [0.29, 0.717) is 13.2 Å². The number of carbonyl (C=O) groups is 2. The summed E-state index contributed by atoms with van der Waals surface area (Å²) in [4.78, 5) is 25.1. The van der Waals surface area contributed by atoms with E-state index in [9.17, 15) is 18.4 Å². The highest BCUT2D eigenvalue weighted by Crippen LogP contribution is 2.20. The lowest BCUT2D eigenvalue weighted by atomic mass is 9.98. The van der Waals surface area contributed by atoms with Gasteiger partial charge in [0.2, 0.25) is 5.91 Å². The standard InChI is InChI=1S/C14H16F2N2O3/c1-21-5-4-17-13(19)10-7-18(8-10)14(20)9-2-3-11(15)12(16)6-9/h2-3,6,10H,4-5,7-8H2,1H3,(H,17,19). The van der Waals surface area contributed by atoms with Crippen LogP contribution in [0, 0.1) is 17.6 Å². The normalized spacial score (nSPS) is 14.7. The number of benzene rings is 1. The maximum Gasteiger partial charge on any atom is 0.254 e. The minimum Gasteiger partial charge on any atom is -0.383 e. The van der Waals surface area contributed by atoms with Gasteiger partial charge >= 0.3 is 0 Å². The van der Waals surface area contributed by atoms with Crippen molar-refractivity contribution in [2.24, 2.45) is 5.92 Å². The molecule has 7 heteroatoms. The molecular weight excluding hydrogens is 282 g/mol. The smallest absolute Gasteiger partial charge is 0.254 e. The van der Waals surface area contributed by atoms with Gasteiger partial charge in [0.25, 0.3) is 5.91 Å². The predicted molar refractivity (Wildman–Crippen MR) is 70.6 cm³/mol. The first-order valence-electron chi connectivity index (χ1n) is 6.54. The molecule has 0 aliphatic carbocycles. The topological polar surface area (TPSA) is 58.6 Å². The second-order valence-corrected chi connectivity index (χ2v) is 4.82. The number of hydrogen-bond acceptors (Lipinski definition) is 3. The summed E-state index contributed by atoms with van der Waals surface area (Å²) in [5.74, 6) is -2.87. The summed E-state index contributed by atoms with van der Waals surface area (Å²) in [6.07, 6.45) is 0. The van der Waals surface area contributed by atoms with E-state index >= 15 is 0 Å². The zero-order chi connectivity index (χ0) is 15.4. The zero-order valence-electron chi connectivity index (χ0n) is 11.6. The maximum atomic E-state index is 13.1. The van der Waals surface area contributed by atoms with Crippen molar-refractivity contribution in [1.82, 2.24) is 10.2 Å². The van der Waals surface area contributed by atoms with Crippen molar-refractivity contribution >= 4 is 11.8 Å². The summed E-state index contributed by atoms with van der Waals surface area (Å²) in [6, 6.07) is 3.01. The molecule has 0 radical (unpaired) electrons. The Balaban J connectivity index is 1.84. The van der Waals surface area contributed by atoms with Gasteiger partial charge in [-0.05, 0) is 18.2 Å². The molecule has 1 heterocycles. The van der Waals surface area contributed by atoms with Crippen LogP contribution in [-0.4, -0.2) is 50.1 Å². The lowest BCUT2D eigenvalue weighted by molar-refractivity contribution is -0.129. The summed E-state index contributed by atoms with van der Waals surface area (Å²) in [5.41, 5.74) is 0.0761. The van der Waals surface area contributed by atoms with Crippen molar-refractivity contribution < 1.29 is 23.1 Å². The van der Waals surface area contributed by atoms with Crippen LogP contribution in [0.25, 0.3) is 0 Å². The molecule has 2 amide bonds. The molecule has 0 atom stereocenters. The number of carbonyl (C=O) groups excluding carboxylic acids is 2. The molecule has 1 aliphatic heterocycles. The molecule has 21 heavy (non-hydrogen) atoms. The number of nitrogens with zero attached hydrogens (tertiary/aromatic N) is 1. The molecule has 1 saturated heterocycles. The fraction of sp³-hybridized carbons (Fsp3) is 0.429. The molecule has 2 rings (SSSR count). The fourth-order valence-electron chi connectivity index (χ4n) is 2.04. The Morgan fingerprint density at radius 2 is 2.05 bits per heavy atom. The number of halogens is 2. The first-order valence-corrected chi connectivity index (χ1v) is 6.54. The Kier molecular flexibility index (Phi) is 4.85. The molecule has 0 unspecified atom stereocenters. The van der Waals surface area contributed by atoms with Crippen LogP contribution in [-0.2, 0) is 9.53 Å². The highest BCUT2D eigenvalue weighted by atomic mass is 19.2. The molecule has 1 aromatic carbocycles. The SMILES string of the molecule is COCCNC(=O)C1CN(C(=O)c2ccc(F)c(F)c2)C1. The van der Waals surface area contributed by atoms with Gasteiger partial charge in [-0.1, -0.05) is 0 Å². The van der Waals surface area contributed by atoms with Gasteiger partial charge in [0, 0.05) is 32.3 Å². The van der Waals surface area contributed by atoms with E-state index in [-0.39, 0.29) is 30.5 Å². The van der Waals surface area contributed by atoms with Gasteiger partial charge in [-0.25, -0.2) is 8.78 Å². The molecular formula is C14H16F2N2O3. The van der Waals surface area contributed by atoms with Crippen LogP contribution in [0.1, 0.15) is 10.4 Å². The Hall–Kier alpha value is -2.02. The van der Waals surface area contributed by atoms with Crippen molar-refractivity contribution in [2.75, 3.05) is 33.4 Å². The first kappa shape index (κ1) is 15.4. The van der Waals surface area contributed by atoms with Gasteiger partial charge in [-0.2, -0.15) is 0 Å². The van der Waals surface area contributed by atoms with Gasteiger partial charge in [0.1, 0.15) is 0 Å². The Morgan fingerprint density at radius 3 is 2.67 bits per heavy atom. The summed E-state index contributed by atoms with van der Waals surface area (Å²) in [7, 11) is 1.54. The van der Waals surface area contributed by atoms with Crippen LogP contribution in [0.5, 0.6) is 0 Å². The van der Waals surface area contributed by atoms with Gasteiger partial charge in [0.05, 0.1) is 12.5 Å². The fourth-order valence-corrected chi connectivity index (χ4v) is 2.04. The second kappa shape index (κ2) is 6.62. The third-order valence-corrected chi connectivity index (χ3v) is 3.31. The van der Waals surface area contributed by atoms with Gasteiger partial charge in [0.15, 0.2) is 11.6 Å². The maximum absolute atomic E-state index is 13.1. The molecule has 1 N–H and O–H groups in total. The Morgan fingerprint density at radius 1 is 1.33 bits per heavy atom. The number of methoxy groups -OCH3 is 1. The minimum atomic E-state index is -1.06. The predicted octanol–water partition coefficient (Wildman–Crippen LogP) is 0.799. The number of nitrogens with one attached hydrogen (secondary N) is 1. The summed E-state index contributed by atoms with van der Waals surface area (Å²) >= 11 is 0. The van der Waals surface area contributed by atoms with Crippen LogP contribution in [0.15, 0.2) is 18.2 Å². The number of amides is 2. The molecule has 0 aromatic heterocycles. The zero-order valence-corrected chi connectivity index (χ0v) is 11.6. The molecule has 0 saturated carbocycles. The van der Waals surface area contributed by atoms with Crippen LogP contribution in [0.3, 0.4) is 0 Å². The van der Waals surface area contributed by atoms with Crippen LogP contribution >= 0.6 is 0 Å². The molecule has 114 valence electrons. The van der Waals surface area contributed by atoms with Gasteiger partial charge in [-0.15, -0.1) is 0 Å². The third kappa shape index (κ3) is 3.55. The first-order chi connectivity index (χ1) is 10.0. The van der Waals surface area contributed by atoms with Crippen LogP contribution in [0.2, 0.25) is 0 Å². The quantitative estimate of drug-likeness (QED) is 0.818. The lowest BCUT2D eigenvalue weighted by Crippen LogP contribution is -2.56. The van der Waals surface area contributed by atoms with E-state index in [1.54, 1.807) is 0 Å². The van der Waals surface area contributed by atoms with Crippen molar-refractivity contribution in [3.8, 4) is 0 Å². The van der Waals surface area contributed by atoms with E-state index in [1.165, 1.54) is 18.1 Å². The van der Waals surface area contributed by atoms with E-state index in [0.717, 1.165) is 12.1 Å². The Bertz CT molecular complexity index is 545. The highest BCUT2D eigenvalue weighted by molar-refractivity contribution is 5.96. The Labute approximate surface area is 120 Å².